The fraction of sp³-hybridized carbons (Fsp3) is 0.417. The maximum absolute atomic E-state index is 11.9. The molecule has 1 aliphatic rings. The number of H-pyrrole nitrogens is 1. The molecule has 0 spiro atoms. The molecule has 5 N–H and O–H groups in total. The summed E-state index contributed by atoms with van der Waals surface area (Å²) in [5.74, 6) is -1.73. The number of nitrogens with one attached hydrogen (secondary N) is 2. The van der Waals surface area contributed by atoms with E-state index in [1.54, 1.807) is 12.2 Å². The van der Waals surface area contributed by atoms with E-state index in [0.717, 1.165) is 0 Å². The number of carboxylic acids is 1. The molecular formula is C12H16N4O3. The van der Waals surface area contributed by atoms with Crippen LogP contribution in [0.1, 0.15) is 12.1 Å². The third kappa shape index (κ3) is 3.41. The van der Waals surface area contributed by atoms with Crippen molar-refractivity contribution in [1.29, 1.82) is 0 Å². The van der Waals surface area contributed by atoms with Gasteiger partial charge in [-0.25, -0.2) is 9.78 Å². The van der Waals surface area contributed by atoms with Gasteiger partial charge >= 0.3 is 5.97 Å². The number of nitrogens with zero attached hydrogens (tertiary/aromatic N) is 1. The highest BCUT2D eigenvalue weighted by Gasteiger charge is 2.27. The second kappa shape index (κ2) is 5.66. The van der Waals surface area contributed by atoms with E-state index < -0.39 is 12.0 Å². The fourth-order valence-corrected chi connectivity index (χ4v) is 2.02. The number of carbonyl (C=O) groups is 2. The van der Waals surface area contributed by atoms with Crippen LogP contribution in [0.15, 0.2) is 24.7 Å². The Morgan fingerprint density at radius 1 is 1.58 bits per heavy atom. The van der Waals surface area contributed by atoms with Crippen molar-refractivity contribution < 1.29 is 14.7 Å². The summed E-state index contributed by atoms with van der Waals surface area (Å²) < 4.78 is 0. The fourth-order valence-electron chi connectivity index (χ4n) is 2.02. The van der Waals surface area contributed by atoms with Crippen LogP contribution in [0.5, 0.6) is 0 Å². The Hall–Kier alpha value is -2.15. The van der Waals surface area contributed by atoms with Crippen molar-refractivity contribution >= 4 is 11.9 Å². The number of rotatable bonds is 5. The standard InChI is InChI=1S/C12H16N4O3/c13-8-2-1-7(3-8)11(17)16-10(12(18)19)4-9-5-14-6-15-9/h1-2,5-8,10H,3-4,13H2,(H,14,15)(H,16,17)(H,18,19)/t7?,8?,10-/m1/s1. The Balaban J connectivity index is 1.95. The average Bonchev–Trinajstić information content (AvgIpc) is 2.99. The molecule has 0 aromatic carbocycles. The quantitative estimate of drug-likeness (QED) is 0.530. The third-order valence-electron chi connectivity index (χ3n) is 3.05. The van der Waals surface area contributed by atoms with Crippen LogP contribution in [0, 0.1) is 5.92 Å². The summed E-state index contributed by atoms with van der Waals surface area (Å²) >= 11 is 0. The van der Waals surface area contributed by atoms with Crippen molar-refractivity contribution in [2.45, 2.75) is 24.9 Å². The predicted octanol–water partition coefficient (Wildman–Crippen LogP) is -0.575. The predicted molar refractivity (Wildman–Crippen MR) is 67.1 cm³/mol. The van der Waals surface area contributed by atoms with Gasteiger partial charge in [-0.2, -0.15) is 0 Å². The molecule has 2 unspecified atom stereocenters. The van der Waals surface area contributed by atoms with Gasteiger partial charge in [0.05, 0.1) is 12.2 Å². The van der Waals surface area contributed by atoms with E-state index in [1.807, 2.05) is 0 Å². The SMILES string of the molecule is NC1C=CC(C(=O)N[C@H](Cc2cnc[nH]2)C(=O)O)C1. The van der Waals surface area contributed by atoms with E-state index in [1.165, 1.54) is 12.5 Å². The minimum Gasteiger partial charge on any atom is -0.480 e. The molecular weight excluding hydrogens is 248 g/mol. The maximum atomic E-state index is 11.9. The molecule has 3 atom stereocenters. The zero-order valence-corrected chi connectivity index (χ0v) is 10.2. The zero-order valence-electron chi connectivity index (χ0n) is 10.2. The van der Waals surface area contributed by atoms with Gasteiger partial charge in [0.2, 0.25) is 5.91 Å². The molecule has 1 heterocycles. The molecule has 1 aromatic heterocycles. The molecule has 1 amide bonds. The average molecular weight is 264 g/mol. The molecule has 2 rings (SSSR count). The molecule has 7 nitrogen and oxygen atoms in total. The second-order valence-corrected chi connectivity index (χ2v) is 4.57. The van der Waals surface area contributed by atoms with Crippen LogP contribution in [0.4, 0.5) is 0 Å². The number of aromatic nitrogens is 2. The van der Waals surface area contributed by atoms with Crippen molar-refractivity contribution in [2.24, 2.45) is 11.7 Å². The summed E-state index contributed by atoms with van der Waals surface area (Å²) in [5, 5.41) is 11.6. The molecule has 0 aliphatic heterocycles. The van der Waals surface area contributed by atoms with Crippen LogP contribution in [-0.2, 0) is 16.0 Å². The summed E-state index contributed by atoms with van der Waals surface area (Å²) in [7, 11) is 0. The van der Waals surface area contributed by atoms with Crippen LogP contribution in [0.2, 0.25) is 0 Å². The highest BCUT2D eigenvalue weighted by Crippen LogP contribution is 2.16. The summed E-state index contributed by atoms with van der Waals surface area (Å²) in [6, 6.07) is -1.11. The largest absolute Gasteiger partial charge is 0.480 e. The van der Waals surface area contributed by atoms with Gasteiger partial charge < -0.3 is 21.1 Å². The zero-order chi connectivity index (χ0) is 13.8. The lowest BCUT2D eigenvalue weighted by Gasteiger charge is -2.16. The van der Waals surface area contributed by atoms with Crippen molar-refractivity contribution in [2.75, 3.05) is 0 Å². The third-order valence-corrected chi connectivity index (χ3v) is 3.05. The van der Waals surface area contributed by atoms with Crippen molar-refractivity contribution in [1.82, 2.24) is 15.3 Å². The first-order chi connectivity index (χ1) is 9.06. The van der Waals surface area contributed by atoms with Gasteiger partial charge in [0.25, 0.3) is 0 Å². The number of hydrogen-bond donors (Lipinski definition) is 4. The number of amides is 1. The molecule has 19 heavy (non-hydrogen) atoms. The van der Waals surface area contributed by atoms with E-state index in [4.69, 9.17) is 10.8 Å². The van der Waals surface area contributed by atoms with Gasteiger partial charge in [0.15, 0.2) is 0 Å². The lowest BCUT2D eigenvalue weighted by molar-refractivity contribution is -0.142. The first kappa shape index (κ1) is 13.3. The van der Waals surface area contributed by atoms with Gasteiger partial charge in [-0.05, 0) is 6.42 Å². The van der Waals surface area contributed by atoms with Crippen molar-refractivity contribution in [3.8, 4) is 0 Å². The van der Waals surface area contributed by atoms with Gasteiger partial charge in [-0.15, -0.1) is 0 Å². The number of carbonyl (C=O) groups excluding carboxylic acids is 1. The monoisotopic (exact) mass is 264 g/mol. The summed E-state index contributed by atoms with van der Waals surface area (Å²) in [4.78, 5) is 29.7. The molecule has 0 saturated heterocycles. The molecule has 1 aromatic rings. The number of aliphatic carboxylic acids is 1. The van der Waals surface area contributed by atoms with Crippen LogP contribution in [-0.4, -0.2) is 39.0 Å². The first-order valence-corrected chi connectivity index (χ1v) is 6.00. The molecule has 102 valence electrons. The van der Waals surface area contributed by atoms with Crippen LogP contribution < -0.4 is 11.1 Å². The molecule has 1 aliphatic carbocycles. The summed E-state index contributed by atoms with van der Waals surface area (Å²) in [5.41, 5.74) is 6.33. The van der Waals surface area contributed by atoms with Crippen molar-refractivity contribution in [3.63, 3.8) is 0 Å². The topological polar surface area (TPSA) is 121 Å². The number of aromatic amines is 1. The van der Waals surface area contributed by atoms with Crippen LogP contribution in [0.3, 0.4) is 0 Å². The Morgan fingerprint density at radius 3 is 2.89 bits per heavy atom. The smallest absolute Gasteiger partial charge is 0.326 e. The Kier molecular flexibility index (Phi) is 3.96. The van der Waals surface area contributed by atoms with E-state index >= 15 is 0 Å². The minimum absolute atomic E-state index is 0.133. The highest BCUT2D eigenvalue weighted by atomic mass is 16.4. The molecule has 0 fully saturated rings. The number of nitrogens with two attached hydrogens (primary N) is 1. The van der Waals surface area contributed by atoms with Crippen LogP contribution >= 0.6 is 0 Å². The van der Waals surface area contributed by atoms with E-state index in [2.05, 4.69) is 15.3 Å². The second-order valence-electron chi connectivity index (χ2n) is 4.57. The van der Waals surface area contributed by atoms with E-state index in [-0.39, 0.29) is 24.3 Å². The van der Waals surface area contributed by atoms with Crippen molar-refractivity contribution in [3.05, 3.63) is 30.4 Å². The lowest BCUT2D eigenvalue weighted by atomic mass is 10.1. The minimum atomic E-state index is -1.07. The van der Waals surface area contributed by atoms with Gasteiger partial charge in [-0.3, -0.25) is 4.79 Å². The molecule has 7 heteroatoms. The maximum Gasteiger partial charge on any atom is 0.326 e. The Labute approximate surface area is 109 Å². The molecule has 0 bridgehead atoms. The summed E-state index contributed by atoms with van der Waals surface area (Å²) in [6.07, 6.45) is 7.16. The first-order valence-electron chi connectivity index (χ1n) is 6.00. The molecule has 0 saturated carbocycles. The Bertz CT molecular complexity index is 483. The summed E-state index contributed by atoms with van der Waals surface area (Å²) in [6.45, 7) is 0. The number of hydrogen-bond acceptors (Lipinski definition) is 4. The van der Waals surface area contributed by atoms with Gasteiger partial charge in [-0.1, -0.05) is 12.2 Å². The number of imidazole rings is 1. The highest BCUT2D eigenvalue weighted by molar-refractivity contribution is 5.86. The van der Waals surface area contributed by atoms with Crippen LogP contribution in [0.25, 0.3) is 0 Å². The number of carboxylic acid groups (broad SMARTS) is 1. The normalized spacial score (nSPS) is 23.2. The molecule has 0 radical (unpaired) electrons. The van der Waals surface area contributed by atoms with E-state index in [0.29, 0.717) is 12.1 Å². The lowest BCUT2D eigenvalue weighted by Crippen LogP contribution is -2.44. The van der Waals surface area contributed by atoms with Gasteiger partial charge in [0, 0.05) is 24.4 Å². The van der Waals surface area contributed by atoms with E-state index in [9.17, 15) is 9.59 Å². The van der Waals surface area contributed by atoms with Gasteiger partial charge in [0.1, 0.15) is 6.04 Å². The Morgan fingerprint density at radius 2 is 2.37 bits per heavy atom.